The highest BCUT2D eigenvalue weighted by atomic mass is 16.4. The lowest BCUT2D eigenvalue weighted by Crippen LogP contribution is -2.38. The van der Waals surface area contributed by atoms with Crippen LogP contribution in [0.15, 0.2) is 0 Å². The molecule has 0 spiro atoms. The fourth-order valence-corrected chi connectivity index (χ4v) is 1.66. The molecule has 0 bridgehead atoms. The normalized spacial score (nSPS) is 14.8. The monoisotopic (exact) mass is 232 g/mol. The molecule has 0 aliphatic rings. The Balaban J connectivity index is 0. The van der Waals surface area contributed by atoms with Gasteiger partial charge in [-0.05, 0) is 26.7 Å². The van der Waals surface area contributed by atoms with Gasteiger partial charge in [-0.2, -0.15) is 0 Å². The maximum atomic E-state index is 11.5. The zero-order valence-electron chi connectivity index (χ0n) is 9.83. The van der Waals surface area contributed by atoms with Gasteiger partial charge in [0.25, 0.3) is 0 Å². The molecule has 1 unspecified atom stereocenters. The van der Waals surface area contributed by atoms with Gasteiger partial charge < -0.3 is 10.2 Å². The molecule has 0 fully saturated rings. The van der Waals surface area contributed by atoms with Crippen molar-refractivity contribution in [3.8, 4) is 0 Å². The summed E-state index contributed by atoms with van der Waals surface area (Å²) in [5, 5.41) is 17.8. The SMILES string of the molecule is C.CCC(C)(CC(C)(C)C(=O)O)C(=O)CO. The zero-order chi connectivity index (χ0) is 12.3. The van der Waals surface area contributed by atoms with E-state index >= 15 is 0 Å². The summed E-state index contributed by atoms with van der Waals surface area (Å²) >= 11 is 0. The lowest BCUT2D eigenvalue weighted by molar-refractivity contribution is -0.150. The Labute approximate surface area is 97.7 Å². The van der Waals surface area contributed by atoms with Gasteiger partial charge in [0.1, 0.15) is 6.61 Å². The van der Waals surface area contributed by atoms with Crippen molar-refractivity contribution in [2.75, 3.05) is 6.61 Å². The number of carbonyl (C=O) groups is 2. The van der Waals surface area contributed by atoms with E-state index in [1.54, 1.807) is 20.8 Å². The van der Waals surface area contributed by atoms with Crippen LogP contribution in [0, 0.1) is 10.8 Å². The Morgan fingerprint density at radius 2 is 1.62 bits per heavy atom. The summed E-state index contributed by atoms with van der Waals surface area (Å²) < 4.78 is 0. The molecule has 16 heavy (non-hydrogen) atoms. The van der Waals surface area contributed by atoms with Crippen molar-refractivity contribution in [3.05, 3.63) is 0 Å². The molecule has 0 aromatic carbocycles. The number of rotatable bonds is 6. The van der Waals surface area contributed by atoms with Gasteiger partial charge in [0.15, 0.2) is 5.78 Å². The third kappa shape index (κ3) is 3.93. The second-order valence-corrected chi connectivity index (χ2v) is 4.86. The minimum Gasteiger partial charge on any atom is -0.481 e. The van der Waals surface area contributed by atoms with E-state index in [2.05, 4.69) is 0 Å². The maximum Gasteiger partial charge on any atom is 0.309 e. The molecule has 4 heteroatoms. The molecule has 0 aliphatic heterocycles. The first kappa shape index (κ1) is 17.5. The van der Waals surface area contributed by atoms with E-state index in [9.17, 15) is 9.59 Å². The van der Waals surface area contributed by atoms with E-state index in [4.69, 9.17) is 10.2 Å². The third-order valence-corrected chi connectivity index (χ3v) is 3.01. The fraction of sp³-hybridized carbons (Fsp3) is 0.833. The predicted molar refractivity (Wildman–Crippen MR) is 63.3 cm³/mol. The first-order chi connectivity index (χ1) is 6.69. The number of carbonyl (C=O) groups excluding carboxylic acids is 1. The number of carboxylic acids is 1. The van der Waals surface area contributed by atoms with Crippen LogP contribution in [0.25, 0.3) is 0 Å². The van der Waals surface area contributed by atoms with Gasteiger partial charge in [-0.25, -0.2) is 0 Å². The number of carboxylic acid groups (broad SMARTS) is 1. The molecule has 0 heterocycles. The van der Waals surface area contributed by atoms with Crippen LogP contribution in [0.5, 0.6) is 0 Å². The van der Waals surface area contributed by atoms with E-state index in [1.165, 1.54) is 0 Å². The van der Waals surface area contributed by atoms with Crippen LogP contribution >= 0.6 is 0 Å². The highest BCUT2D eigenvalue weighted by molar-refractivity contribution is 5.86. The van der Waals surface area contributed by atoms with Crippen LogP contribution < -0.4 is 0 Å². The Morgan fingerprint density at radius 3 is 1.88 bits per heavy atom. The van der Waals surface area contributed by atoms with Gasteiger partial charge in [-0.15, -0.1) is 0 Å². The number of hydrogen-bond acceptors (Lipinski definition) is 3. The van der Waals surface area contributed by atoms with Crippen LogP contribution in [-0.2, 0) is 9.59 Å². The summed E-state index contributed by atoms with van der Waals surface area (Å²) in [7, 11) is 0. The predicted octanol–water partition coefficient (Wildman–Crippen LogP) is 2.10. The number of hydrogen-bond donors (Lipinski definition) is 2. The molecule has 0 saturated carbocycles. The van der Waals surface area contributed by atoms with Crippen LogP contribution in [0.2, 0.25) is 0 Å². The fourth-order valence-electron chi connectivity index (χ4n) is 1.66. The summed E-state index contributed by atoms with van der Waals surface area (Å²) in [6.07, 6.45) is 0.772. The quantitative estimate of drug-likeness (QED) is 0.735. The van der Waals surface area contributed by atoms with E-state index in [0.717, 1.165) is 0 Å². The first-order valence-corrected chi connectivity index (χ1v) is 5.07. The largest absolute Gasteiger partial charge is 0.481 e. The Hall–Kier alpha value is -0.900. The van der Waals surface area contributed by atoms with Gasteiger partial charge in [0, 0.05) is 5.41 Å². The van der Waals surface area contributed by atoms with E-state index < -0.39 is 23.4 Å². The molecule has 0 aliphatic carbocycles. The number of Topliss-reactive ketones (excluding diaryl/α,β-unsaturated/α-hetero) is 1. The van der Waals surface area contributed by atoms with Crippen LogP contribution in [-0.4, -0.2) is 28.6 Å². The maximum absolute atomic E-state index is 11.5. The minimum atomic E-state index is -0.949. The molecule has 96 valence electrons. The smallest absolute Gasteiger partial charge is 0.309 e. The Morgan fingerprint density at radius 1 is 1.19 bits per heavy atom. The van der Waals surface area contributed by atoms with Crippen molar-refractivity contribution in [1.82, 2.24) is 0 Å². The summed E-state index contributed by atoms with van der Waals surface area (Å²) in [5.74, 6) is -1.22. The van der Waals surface area contributed by atoms with Crippen molar-refractivity contribution >= 4 is 11.8 Å². The standard InChI is InChI=1S/C11H20O4.CH4/c1-5-11(4,8(13)6-12)7-10(2,3)9(14)15;/h12H,5-7H2,1-4H3,(H,14,15);1H4. The summed E-state index contributed by atoms with van der Waals surface area (Å²) in [6, 6.07) is 0. The topological polar surface area (TPSA) is 74.6 Å². The molecular weight excluding hydrogens is 208 g/mol. The molecule has 0 saturated heterocycles. The summed E-state index contributed by atoms with van der Waals surface area (Å²) in [6.45, 7) is 6.18. The molecule has 4 nitrogen and oxygen atoms in total. The average Bonchev–Trinajstić information content (AvgIpc) is 2.15. The third-order valence-electron chi connectivity index (χ3n) is 3.01. The zero-order valence-corrected chi connectivity index (χ0v) is 9.83. The molecule has 0 aromatic heterocycles. The minimum absolute atomic E-state index is 0. The molecule has 0 aromatic rings. The van der Waals surface area contributed by atoms with Gasteiger partial charge in [0.05, 0.1) is 5.41 Å². The summed E-state index contributed by atoms with van der Waals surface area (Å²) in [5.41, 5.74) is -1.70. The van der Waals surface area contributed by atoms with E-state index in [1.807, 2.05) is 6.92 Å². The lowest BCUT2D eigenvalue weighted by atomic mass is 9.70. The summed E-state index contributed by atoms with van der Waals surface area (Å²) in [4.78, 5) is 22.5. The van der Waals surface area contributed by atoms with Gasteiger partial charge in [0.2, 0.25) is 0 Å². The lowest BCUT2D eigenvalue weighted by Gasteiger charge is -2.32. The molecule has 0 radical (unpaired) electrons. The number of aliphatic hydroxyl groups is 1. The van der Waals surface area contributed by atoms with Crippen LogP contribution in [0.4, 0.5) is 0 Å². The van der Waals surface area contributed by atoms with Crippen molar-refractivity contribution in [2.24, 2.45) is 10.8 Å². The Bertz CT molecular complexity index is 258. The van der Waals surface area contributed by atoms with Crippen molar-refractivity contribution in [1.29, 1.82) is 0 Å². The molecule has 2 N–H and O–H groups in total. The number of aliphatic carboxylic acids is 1. The molecule has 0 rings (SSSR count). The highest BCUT2D eigenvalue weighted by Crippen LogP contribution is 2.37. The van der Waals surface area contributed by atoms with E-state index in [0.29, 0.717) is 6.42 Å². The molecule has 1 atom stereocenters. The average molecular weight is 232 g/mol. The highest BCUT2D eigenvalue weighted by Gasteiger charge is 2.40. The van der Waals surface area contributed by atoms with Crippen molar-refractivity contribution in [3.63, 3.8) is 0 Å². The first-order valence-electron chi connectivity index (χ1n) is 5.07. The van der Waals surface area contributed by atoms with Crippen LogP contribution in [0.1, 0.15) is 48.0 Å². The Kier molecular flexibility index (Phi) is 6.55. The van der Waals surface area contributed by atoms with Crippen molar-refractivity contribution < 1.29 is 19.8 Å². The van der Waals surface area contributed by atoms with Gasteiger partial charge >= 0.3 is 5.97 Å². The molecule has 0 amide bonds. The second-order valence-electron chi connectivity index (χ2n) is 4.86. The van der Waals surface area contributed by atoms with Crippen LogP contribution in [0.3, 0.4) is 0 Å². The van der Waals surface area contributed by atoms with E-state index in [-0.39, 0.29) is 19.6 Å². The number of aliphatic hydroxyl groups excluding tert-OH is 1. The van der Waals surface area contributed by atoms with Crippen molar-refractivity contribution in [2.45, 2.75) is 48.0 Å². The second kappa shape index (κ2) is 5.99. The van der Waals surface area contributed by atoms with Gasteiger partial charge in [-0.1, -0.05) is 21.3 Å². The number of ketones is 1. The molecular formula is C12H24O4. The van der Waals surface area contributed by atoms with Gasteiger partial charge in [-0.3, -0.25) is 9.59 Å².